The number of anilines is 3. The molecule has 0 atom stereocenters. The Hall–Kier alpha value is -2.56. The minimum Gasteiger partial charge on any atom is -0.340 e. The van der Waals surface area contributed by atoms with E-state index in [2.05, 4.69) is 27.9 Å². The van der Waals surface area contributed by atoms with Crippen molar-refractivity contribution < 1.29 is 4.79 Å². The van der Waals surface area contributed by atoms with Gasteiger partial charge in [-0.2, -0.15) is 0 Å². The van der Waals surface area contributed by atoms with Crippen LogP contribution in [0.15, 0.2) is 48.7 Å². The van der Waals surface area contributed by atoms with Crippen LogP contribution in [0.1, 0.15) is 19.8 Å². The van der Waals surface area contributed by atoms with Crippen LogP contribution in [0.3, 0.4) is 0 Å². The molecule has 3 N–H and O–H groups in total. The number of aromatic nitrogens is 1. The van der Waals surface area contributed by atoms with E-state index >= 15 is 0 Å². The maximum Gasteiger partial charge on any atom is 0.319 e. The lowest BCUT2D eigenvalue weighted by Gasteiger charge is -2.08. The van der Waals surface area contributed by atoms with E-state index in [0.717, 1.165) is 24.3 Å². The average Bonchev–Trinajstić information content (AvgIpc) is 2.51. The number of carbonyl (C=O) groups excluding carboxylic acids is 1. The third-order valence-corrected chi connectivity index (χ3v) is 2.88. The molecule has 0 radical (unpaired) electrons. The molecule has 1 aromatic carbocycles. The van der Waals surface area contributed by atoms with Crippen molar-refractivity contribution in [2.75, 3.05) is 17.2 Å². The molecule has 110 valence electrons. The Morgan fingerprint density at radius 1 is 1.10 bits per heavy atom. The van der Waals surface area contributed by atoms with E-state index in [-0.39, 0.29) is 6.03 Å². The highest BCUT2D eigenvalue weighted by Crippen LogP contribution is 2.15. The Morgan fingerprint density at radius 3 is 2.57 bits per heavy atom. The lowest BCUT2D eigenvalue weighted by Crippen LogP contribution is -2.29. The Labute approximate surface area is 124 Å². The van der Waals surface area contributed by atoms with E-state index in [1.54, 1.807) is 6.20 Å². The molecule has 0 saturated carbocycles. The van der Waals surface area contributed by atoms with Gasteiger partial charge >= 0.3 is 6.03 Å². The second-order valence-electron chi connectivity index (χ2n) is 4.66. The summed E-state index contributed by atoms with van der Waals surface area (Å²) in [4.78, 5) is 15.9. The summed E-state index contributed by atoms with van der Waals surface area (Å²) in [6.07, 6.45) is 3.66. The Bertz CT molecular complexity index is 554. The smallest absolute Gasteiger partial charge is 0.319 e. The summed E-state index contributed by atoms with van der Waals surface area (Å²) in [7, 11) is 0. The molecule has 0 aliphatic rings. The normalized spacial score (nSPS) is 9.95. The number of nitrogens with zero attached hydrogens (tertiary/aromatic N) is 1. The maximum atomic E-state index is 11.6. The lowest BCUT2D eigenvalue weighted by molar-refractivity contribution is 0.252. The average molecular weight is 284 g/mol. The van der Waals surface area contributed by atoms with Crippen molar-refractivity contribution in [3.63, 3.8) is 0 Å². The summed E-state index contributed by atoms with van der Waals surface area (Å²) in [5.74, 6) is 0.734. The molecule has 5 nitrogen and oxygen atoms in total. The number of amides is 2. The van der Waals surface area contributed by atoms with Gasteiger partial charge in [0.25, 0.3) is 0 Å². The molecule has 21 heavy (non-hydrogen) atoms. The molecular formula is C16H20N4O. The molecule has 2 aromatic rings. The van der Waals surface area contributed by atoms with Crippen molar-refractivity contribution in [2.24, 2.45) is 0 Å². The number of hydrogen-bond donors (Lipinski definition) is 3. The van der Waals surface area contributed by atoms with Crippen LogP contribution in [0.25, 0.3) is 0 Å². The van der Waals surface area contributed by atoms with Gasteiger partial charge in [0, 0.05) is 12.2 Å². The van der Waals surface area contributed by atoms with Gasteiger partial charge in [0.2, 0.25) is 0 Å². The number of para-hydroxylation sites is 1. The predicted octanol–water partition coefficient (Wildman–Crippen LogP) is 3.75. The molecule has 0 aliphatic carbocycles. The van der Waals surface area contributed by atoms with Gasteiger partial charge in [-0.05, 0) is 30.7 Å². The summed E-state index contributed by atoms with van der Waals surface area (Å²) < 4.78 is 0. The number of pyridine rings is 1. The van der Waals surface area contributed by atoms with E-state index in [4.69, 9.17) is 0 Å². The molecule has 0 fully saturated rings. The van der Waals surface area contributed by atoms with Crippen molar-refractivity contribution in [3.8, 4) is 0 Å². The quantitative estimate of drug-likeness (QED) is 0.708. The molecule has 0 saturated heterocycles. The first-order valence-electron chi connectivity index (χ1n) is 7.11. The summed E-state index contributed by atoms with van der Waals surface area (Å²) in [6.45, 7) is 2.77. The standard InChI is InChI=1S/C16H20N4O/c1-2-3-11-17-16(21)20-14-9-10-15(18-12-14)19-13-7-5-4-6-8-13/h4-10,12H,2-3,11H2,1H3,(H,18,19)(H2,17,20,21). The monoisotopic (exact) mass is 284 g/mol. The number of benzene rings is 1. The van der Waals surface area contributed by atoms with Crippen LogP contribution < -0.4 is 16.0 Å². The first-order chi connectivity index (χ1) is 10.3. The number of rotatable bonds is 6. The van der Waals surface area contributed by atoms with Crippen LogP contribution in [0, 0.1) is 0 Å². The van der Waals surface area contributed by atoms with Gasteiger partial charge in [-0.15, -0.1) is 0 Å². The molecule has 0 unspecified atom stereocenters. The van der Waals surface area contributed by atoms with Gasteiger partial charge in [0.15, 0.2) is 0 Å². The predicted molar refractivity (Wildman–Crippen MR) is 85.9 cm³/mol. The third-order valence-electron chi connectivity index (χ3n) is 2.88. The van der Waals surface area contributed by atoms with Crippen LogP contribution in [0.5, 0.6) is 0 Å². The molecule has 1 aromatic heterocycles. The van der Waals surface area contributed by atoms with Crippen LogP contribution in [0.2, 0.25) is 0 Å². The van der Waals surface area contributed by atoms with E-state index in [0.29, 0.717) is 12.2 Å². The van der Waals surface area contributed by atoms with Crippen LogP contribution in [0.4, 0.5) is 22.0 Å². The lowest BCUT2D eigenvalue weighted by atomic mass is 10.3. The highest BCUT2D eigenvalue weighted by molar-refractivity contribution is 5.89. The van der Waals surface area contributed by atoms with Crippen molar-refractivity contribution in [1.82, 2.24) is 10.3 Å². The van der Waals surface area contributed by atoms with Gasteiger partial charge in [-0.3, -0.25) is 0 Å². The van der Waals surface area contributed by atoms with Crippen molar-refractivity contribution in [2.45, 2.75) is 19.8 Å². The largest absolute Gasteiger partial charge is 0.340 e. The first-order valence-corrected chi connectivity index (χ1v) is 7.11. The summed E-state index contributed by atoms with van der Waals surface area (Å²) in [5, 5.41) is 8.73. The zero-order valence-electron chi connectivity index (χ0n) is 12.1. The van der Waals surface area contributed by atoms with Crippen LogP contribution >= 0.6 is 0 Å². The van der Waals surface area contributed by atoms with Crippen molar-refractivity contribution >= 4 is 23.2 Å². The Balaban J connectivity index is 1.85. The molecule has 0 bridgehead atoms. The van der Waals surface area contributed by atoms with E-state index in [1.165, 1.54) is 0 Å². The third kappa shape index (κ3) is 5.14. The van der Waals surface area contributed by atoms with E-state index < -0.39 is 0 Å². The molecule has 2 rings (SSSR count). The fraction of sp³-hybridized carbons (Fsp3) is 0.250. The Morgan fingerprint density at radius 2 is 1.90 bits per heavy atom. The number of nitrogens with one attached hydrogen (secondary N) is 3. The van der Waals surface area contributed by atoms with E-state index in [1.807, 2.05) is 42.5 Å². The van der Waals surface area contributed by atoms with Crippen molar-refractivity contribution in [1.29, 1.82) is 0 Å². The molecule has 0 aliphatic heterocycles. The minimum absolute atomic E-state index is 0.200. The van der Waals surface area contributed by atoms with Crippen LogP contribution in [-0.2, 0) is 0 Å². The SMILES string of the molecule is CCCCNC(=O)Nc1ccc(Nc2ccccc2)nc1. The number of unbranched alkanes of at least 4 members (excludes halogenated alkanes) is 1. The van der Waals surface area contributed by atoms with Gasteiger partial charge in [0.1, 0.15) is 5.82 Å². The zero-order chi connectivity index (χ0) is 14.9. The zero-order valence-corrected chi connectivity index (χ0v) is 12.1. The van der Waals surface area contributed by atoms with Gasteiger partial charge in [0.05, 0.1) is 11.9 Å². The first kappa shape index (κ1) is 14.8. The van der Waals surface area contributed by atoms with E-state index in [9.17, 15) is 4.79 Å². The fourth-order valence-electron chi connectivity index (χ4n) is 1.77. The van der Waals surface area contributed by atoms with Gasteiger partial charge in [-0.1, -0.05) is 31.5 Å². The highest BCUT2D eigenvalue weighted by atomic mass is 16.2. The topological polar surface area (TPSA) is 66.1 Å². The minimum atomic E-state index is -0.200. The second-order valence-corrected chi connectivity index (χ2v) is 4.66. The molecule has 2 amide bonds. The number of urea groups is 1. The van der Waals surface area contributed by atoms with Crippen molar-refractivity contribution in [3.05, 3.63) is 48.7 Å². The number of hydrogen-bond acceptors (Lipinski definition) is 3. The summed E-state index contributed by atoms with van der Waals surface area (Å²) >= 11 is 0. The van der Waals surface area contributed by atoms with Gasteiger partial charge < -0.3 is 16.0 Å². The molecule has 5 heteroatoms. The molecular weight excluding hydrogens is 264 g/mol. The summed E-state index contributed by atoms with van der Waals surface area (Å²) in [6, 6.07) is 13.3. The summed E-state index contributed by atoms with van der Waals surface area (Å²) in [5.41, 5.74) is 1.64. The fourth-order valence-corrected chi connectivity index (χ4v) is 1.77. The van der Waals surface area contributed by atoms with Crippen LogP contribution in [-0.4, -0.2) is 17.6 Å². The maximum absolute atomic E-state index is 11.6. The molecule has 1 heterocycles. The Kier molecular flexibility index (Phi) is 5.58. The van der Waals surface area contributed by atoms with Gasteiger partial charge in [-0.25, -0.2) is 9.78 Å². The number of carbonyl (C=O) groups is 1. The second kappa shape index (κ2) is 7.89. The molecule has 0 spiro atoms. The highest BCUT2D eigenvalue weighted by Gasteiger charge is 2.01.